The van der Waals surface area contributed by atoms with Crippen molar-refractivity contribution in [2.75, 3.05) is 18.6 Å². The van der Waals surface area contributed by atoms with E-state index in [9.17, 15) is 4.79 Å². The van der Waals surface area contributed by atoms with Gasteiger partial charge in [-0.25, -0.2) is 0 Å². The molecule has 0 radical (unpaired) electrons. The molecule has 1 atom stereocenters. The number of H-pyrrole nitrogens is 1. The second-order valence-corrected chi connectivity index (χ2v) is 6.79. The third-order valence-corrected chi connectivity index (χ3v) is 4.85. The minimum Gasteiger partial charge on any atom is -0.361 e. The summed E-state index contributed by atoms with van der Waals surface area (Å²) >= 11 is 1.69. The molecule has 3 aromatic rings. The summed E-state index contributed by atoms with van der Waals surface area (Å²) in [6.45, 7) is 0.610. The fourth-order valence-electron chi connectivity index (χ4n) is 2.97. The fourth-order valence-corrected chi connectivity index (χ4v) is 3.36. The normalized spacial score (nSPS) is 12.2. The summed E-state index contributed by atoms with van der Waals surface area (Å²) in [7, 11) is 0. The summed E-state index contributed by atoms with van der Waals surface area (Å²) in [5, 5.41) is 4.32. The Morgan fingerprint density at radius 1 is 1.12 bits per heavy atom. The zero-order chi connectivity index (χ0) is 16.8. The van der Waals surface area contributed by atoms with Gasteiger partial charge in [0.25, 0.3) is 0 Å². The van der Waals surface area contributed by atoms with E-state index in [-0.39, 0.29) is 11.8 Å². The molecule has 0 bridgehead atoms. The van der Waals surface area contributed by atoms with Crippen molar-refractivity contribution in [1.82, 2.24) is 10.3 Å². The zero-order valence-corrected chi connectivity index (χ0v) is 14.6. The molecular weight excluding hydrogens is 316 g/mol. The quantitative estimate of drug-likeness (QED) is 0.679. The molecule has 0 saturated carbocycles. The third kappa shape index (κ3) is 3.82. The van der Waals surface area contributed by atoms with E-state index in [0.29, 0.717) is 13.0 Å². The van der Waals surface area contributed by atoms with Crippen LogP contribution in [0.3, 0.4) is 0 Å². The standard InChI is InChI=1S/C20H22N2OS/c1-24-12-11-20(23)22-13-17(15-7-3-2-4-8-15)18-14-21-19-10-6-5-9-16(18)19/h2-10,14,17,21H,11-13H2,1H3,(H,22,23). The SMILES string of the molecule is CSCCC(=O)NCC(c1ccccc1)c1c[nH]c2ccccc12. The maximum absolute atomic E-state index is 12.0. The van der Waals surface area contributed by atoms with Crippen molar-refractivity contribution in [3.8, 4) is 0 Å². The molecule has 1 heterocycles. The number of carbonyl (C=O) groups excluding carboxylic acids is 1. The number of thioether (sulfide) groups is 1. The lowest BCUT2D eigenvalue weighted by Crippen LogP contribution is -2.29. The van der Waals surface area contributed by atoms with Crippen LogP contribution >= 0.6 is 11.8 Å². The minimum atomic E-state index is 0.116. The number of para-hydroxylation sites is 1. The lowest BCUT2D eigenvalue weighted by molar-refractivity contribution is -0.120. The Morgan fingerprint density at radius 2 is 1.88 bits per heavy atom. The number of carbonyl (C=O) groups is 1. The predicted molar refractivity (Wildman–Crippen MR) is 103 cm³/mol. The van der Waals surface area contributed by atoms with Gasteiger partial charge in [0.05, 0.1) is 0 Å². The van der Waals surface area contributed by atoms with E-state index in [4.69, 9.17) is 0 Å². The van der Waals surface area contributed by atoms with Crippen molar-refractivity contribution >= 4 is 28.6 Å². The van der Waals surface area contributed by atoms with Gasteiger partial charge < -0.3 is 10.3 Å². The van der Waals surface area contributed by atoms with Gasteiger partial charge in [-0.05, 0) is 23.4 Å². The second-order valence-electron chi connectivity index (χ2n) is 5.80. The number of hydrogen-bond acceptors (Lipinski definition) is 2. The Bertz CT molecular complexity index is 798. The van der Waals surface area contributed by atoms with Gasteiger partial charge >= 0.3 is 0 Å². The molecule has 3 rings (SSSR count). The summed E-state index contributed by atoms with van der Waals surface area (Å²) < 4.78 is 0. The summed E-state index contributed by atoms with van der Waals surface area (Å²) in [5.41, 5.74) is 3.57. The average molecular weight is 338 g/mol. The van der Waals surface area contributed by atoms with Gasteiger partial charge in [-0.3, -0.25) is 4.79 Å². The molecule has 3 nitrogen and oxygen atoms in total. The highest BCUT2D eigenvalue weighted by molar-refractivity contribution is 7.98. The monoisotopic (exact) mass is 338 g/mol. The van der Waals surface area contributed by atoms with E-state index >= 15 is 0 Å². The molecule has 1 aromatic heterocycles. The highest BCUT2D eigenvalue weighted by atomic mass is 32.2. The van der Waals surface area contributed by atoms with Gasteiger partial charge in [0.2, 0.25) is 5.91 Å². The van der Waals surface area contributed by atoms with Crippen LogP contribution in [0.15, 0.2) is 60.8 Å². The first-order valence-corrected chi connectivity index (χ1v) is 9.55. The predicted octanol–water partition coefficient (Wildman–Crippen LogP) is 4.17. The lowest BCUT2D eigenvalue weighted by Gasteiger charge is -2.18. The number of aromatic amines is 1. The summed E-state index contributed by atoms with van der Waals surface area (Å²) in [6, 6.07) is 18.7. The third-order valence-electron chi connectivity index (χ3n) is 4.24. The van der Waals surface area contributed by atoms with E-state index in [2.05, 4.69) is 46.8 Å². The molecule has 4 heteroatoms. The molecule has 24 heavy (non-hydrogen) atoms. The van der Waals surface area contributed by atoms with Crippen LogP contribution < -0.4 is 5.32 Å². The molecule has 124 valence electrons. The van der Waals surface area contributed by atoms with Crippen LogP contribution in [0.1, 0.15) is 23.5 Å². The molecule has 0 fully saturated rings. The first-order valence-electron chi connectivity index (χ1n) is 8.16. The topological polar surface area (TPSA) is 44.9 Å². The number of benzene rings is 2. The molecule has 2 N–H and O–H groups in total. The maximum atomic E-state index is 12.0. The average Bonchev–Trinajstić information content (AvgIpc) is 3.05. The van der Waals surface area contributed by atoms with Crippen molar-refractivity contribution in [2.45, 2.75) is 12.3 Å². The number of hydrogen-bond donors (Lipinski definition) is 2. The van der Waals surface area contributed by atoms with Gasteiger partial charge in [0.1, 0.15) is 0 Å². The highest BCUT2D eigenvalue weighted by Crippen LogP contribution is 2.30. The first kappa shape index (κ1) is 16.7. The van der Waals surface area contributed by atoms with Gasteiger partial charge in [0, 0.05) is 41.7 Å². The first-order chi connectivity index (χ1) is 11.8. The lowest BCUT2D eigenvalue weighted by atomic mass is 9.91. The molecule has 2 aromatic carbocycles. The Kier molecular flexibility index (Phi) is 5.59. The molecule has 1 unspecified atom stereocenters. The molecular formula is C20H22N2OS. The number of amides is 1. The smallest absolute Gasteiger partial charge is 0.220 e. The number of fused-ring (bicyclic) bond motifs is 1. The van der Waals surface area contributed by atoms with Crippen LogP contribution in [0, 0.1) is 0 Å². The Hall–Kier alpha value is -2.20. The van der Waals surface area contributed by atoms with Gasteiger partial charge in [-0.15, -0.1) is 0 Å². The molecule has 0 aliphatic carbocycles. The van der Waals surface area contributed by atoms with Crippen LogP contribution in [-0.4, -0.2) is 29.4 Å². The summed E-state index contributed by atoms with van der Waals surface area (Å²) in [6.07, 6.45) is 4.65. The summed E-state index contributed by atoms with van der Waals surface area (Å²) in [5.74, 6) is 1.11. The second kappa shape index (κ2) is 8.06. The fraction of sp³-hybridized carbons (Fsp3) is 0.250. The van der Waals surface area contributed by atoms with E-state index in [0.717, 1.165) is 11.3 Å². The van der Waals surface area contributed by atoms with Crippen LogP contribution in [0.25, 0.3) is 10.9 Å². The molecule has 0 spiro atoms. The van der Waals surface area contributed by atoms with Crippen LogP contribution in [-0.2, 0) is 4.79 Å². The van der Waals surface area contributed by atoms with Gasteiger partial charge in [-0.2, -0.15) is 11.8 Å². The number of nitrogens with one attached hydrogen (secondary N) is 2. The van der Waals surface area contributed by atoms with Gasteiger partial charge in [0.15, 0.2) is 0 Å². The Morgan fingerprint density at radius 3 is 2.67 bits per heavy atom. The largest absolute Gasteiger partial charge is 0.361 e. The van der Waals surface area contributed by atoms with Crippen molar-refractivity contribution in [3.63, 3.8) is 0 Å². The van der Waals surface area contributed by atoms with Crippen molar-refractivity contribution < 1.29 is 4.79 Å². The Labute approximate surface area is 146 Å². The number of aromatic nitrogens is 1. The van der Waals surface area contributed by atoms with E-state index in [1.165, 1.54) is 16.5 Å². The highest BCUT2D eigenvalue weighted by Gasteiger charge is 2.18. The van der Waals surface area contributed by atoms with Crippen LogP contribution in [0.5, 0.6) is 0 Å². The van der Waals surface area contributed by atoms with Crippen LogP contribution in [0.2, 0.25) is 0 Å². The number of rotatable bonds is 7. The molecule has 1 amide bonds. The van der Waals surface area contributed by atoms with E-state index in [1.54, 1.807) is 11.8 Å². The summed E-state index contributed by atoms with van der Waals surface area (Å²) in [4.78, 5) is 15.4. The van der Waals surface area contributed by atoms with Crippen LogP contribution in [0.4, 0.5) is 0 Å². The molecule has 0 saturated heterocycles. The Balaban J connectivity index is 1.87. The van der Waals surface area contributed by atoms with Gasteiger partial charge in [-0.1, -0.05) is 48.5 Å². The zero-order valence-electron chi connectivity index (χ0n) is 13.8. The van der Waals surface area contributed by atoms with Crippen molar-refractivity contribution in [2.24, 2.45) is 0 Å². The minimum absolute atomic E-state index is 0.116. The van der Waals surface area contributed by atoms with E-state index < -0.39 is 0 Å². The maximum Gasteiger partial charge on any atom is 0.220 e. The van der Waals surface area contributed by atoms with Crippen molar-refractivity contribution in [1.29, 1.82) is 0 Å². The molecule has 0 aliphatic rings. The van der Waals surface area contributed by atoms with E-state index in [1.807, 2.05) is 30.5 Å². The van der Waals surface area contributed by atoms with Crippen molar-refractivity contribution in [3.05, 3.63) is 71.9 Å². The molecule has 0 aliphatic heterocycles.